The van der Waals surface area contributed by atoms with Gasteiger partial charge in [-0.2, -0.15) is 26.3 Å². The molecule has 1 unspecified atom stereocenters. The Balaban J connectivity index is 1.73. The van der Waals surface area contributed by atoms with Gasteiger partial charge in [0.05, 0.1) is 11.3 Å². The van der Waals surface area contributed by atoms with E-state index in [1.54, 1.807) is 30.3 Å². The number of hydrogen-bond acceptors (Lipinski definition) is 3. The van der Waals surface area contributed by atoms with Crippen molar-refractivity contribution in [1.82, 2.24) is 5.32 Å². The largest absolute Gasteiger partial charge is 0.417 e. The highest BCUT2D eigenvalue weighted by atomic mass is 79.9. The minimum absolute atomic E-state index is 0.102. The van der Waals surface area contributed by atoms with E-state index in [2.05, 4.69) is 25.6 Å². The van der Waals surface area contributed by atoms with E-state index >= 15 is 0 Å². The predicted molar refractivity (Wildman–Crippen MR) is 136 cm³/mol. The first kappa shape index (κ1) is 27.5. The summed E-state index contributed by atoms with van der Waals surface area (Å²) in [5.74, 6) is -0.102. The Morgan fingerprint density at radius 1 is 1.05 bits per heavy atom. The van der Waals surface area contributed by atoms with Crippen molar-refractivity contribution in [3.63, 3.8) is 0 Å². The zero-order valence-corrected chi connectivity index (χ0v) is 21.8. The molecule has 0 spiro atoms. The monoisotopic (exact) mass is 602 g/mol. The van der Waals surface area contributed by atoms with E-state index in [4.69, 9.17) is 0 Å². The van der Waals surface area contributed by atoms with Gasteiger partial charge in [-0.1, -0.05) is 65.3 Å². The molecule has 0 fully saturated rings. The molecule has 0 aromatic heterocycles. The molecule has 3 nitrogen and oxygen atoms in total. The Hall–Kier alpha value is -2.53. The van der Waals surface area contributed by atoms with Crippen LogP contribution in [0.5, 0.6) is 0 Å². The number of nitrogens with one attached hydrogen (secondary N) is 1. The van der Waals surface area contributed by atoms with Crippen LogP contribution in [0.4, 0.5) is 26.3 Å². The number of halogens is 7. The van der Waals surface area contributed by atoms with Crippen molar-refractivity contribution in [3.05, 3.63) is 81.3 Å². The number of nitrogens with zero attached hydrogens (tertiary/aromatic N) is 1. The van der Waals surface area contributed by atoms with E-state index in [-0.39, 0.29) is 34.6 Å². The van der Waals surface area contributed by atoms with Crippen LogP contribution in [0.25, 0.3) is 10.8 Å². The molecular weight excluding hydrogens is 582 g/mol. The van der Waals surface area contributed by atoms with Gasteiger partial charge in [-0.05, 0) is 52.4 Å². The van der Waals surface area contributed by atoms with Crippen molar-refractivity contribution >= 4 is 50.3 Å². The Kier molecular flexibility index (Phi) is 7.67. The number of hydrogen-bond donors (Lipinski definition) is 1. The lowest BCUT2D eigenvalue weighted by atomic mass is 9.87. The van der Waals surface area contributed by atoms with Gasteiger partial charge < -0.3 is 5.32 Å². The van der Waals surface area contributed by atoms with E-state index in [0.29, 0.717) is 29.9 Å². The summed E-state index contributed by atoms with van der Waals surface area (Å²) in [6.45, 7) is 2.15. The highest BCUT2D eigenvalue weighted by Crippen LogP contribution is 2.57. The van der Waals surface area contributed by atoms with Gasteiger partial charge in [-0.15, -0.1) is 0 Å². The average molecular weight is 603 g/mol. The normalized spacial score (nSPS) is 18.2. The summed E-state index contributed by atoms with van der Waals surface area (Å²) in [5.41, 5.74) is -0.302. The SMILES string of the molecule is CCCC(=O)NCc1ccc(C2=NSC(c3ccc(Br)c(C(F)(F)F)c3)(C(F)(F)F)C2)c2ccccc12. The minimum Gasteiger partial charge on any atom is -0.352 e. The number of amides is 1. The van der Waals surface area contributed by atoms with Crippen LogP contribution in [-0.2, 0) is 22.3 Å². The topological polar surface area (TPSA) is 41.5 Å². The molecule has 37 heavy (non-hydrogen) atoms. The Morgan fingerprint density at radius 2 is 1.76 bits per heavy atom. The number of rotatable bonds is 6. The van der Waals surface area contributed by atoms with Crippen molar-refractivity contribution in [2.75, 3.05) is 0 Å². The summed E-state index contributed by atoms with van der Waals surface area (Å²) in [5, 5.41) is 4.23. The van der Waals surface area contributed by atoms with Crippen LogP contribution >= 0.6 is 27.9 Å². The van der Waals surface area contributed by atoms with Crippen LogP contribution in [-0.4, -0.2) is 17.8 Å². The standard InChI is InChI=1S/C26H21BrF6N2OS/c1-2-5-23(36)34-14-15-8-10-19(18-7-4-3-6-17(15)18)22-13-24(37-35-22,26(31,32)33)16-9-11-21(27)20(12-16)25(28,29)30/h3-4,6-12H,2,5,13-14H2,1H3,(H,34,36). The lowest BCUT2D eigenvalue weighted by molar-refractivity contribution is -0.160. The van der Waals surface area contributed by atoms with Gasteiger partial charge in [0.2, 0.25) is 5.91 Å². The van der Waals surface area contributed by atoms with Crippen LogP contribution in [0.3, 0.4) is 0 Å². The van der Waals surface area contributed by atoms with E-state index in [1.165, 1.54) is 0 Å². The van der Waals surface area contributed by atoms with Gasteiger partial charge in [0.1, 0.15) is 0 Å². The van der Waals surface area contributed by atoms with Crippen molar-refractivity contribution < 1.29 is 31.1 Å². The molecule has 1 heterocycles. The molecule has 0 bridgehead atoms. The van der Waals surface area contributed by atoms with Crippen LogP contribution < -0.4 is 5.32 Å². The summed E-state index contributed by atoms with van der Waals surface area (Å²) >= 11 is 3.03. The third-order valence-corrected chi connectivity index (χ3v) is 8.13. The number of alkyl halides is 6. The average Bonchev–Trinajstić information content (AvgIpc) is 3.29. The molecule has 1 aliphatic heterocycles. The quantitative estimate of drug-likeness (QED) is 0.227. The minimum atomic E-state index is -4.88. The molecule has 1 amide bonds. The maximum atomic E-state index is 14.5. The maximum absolute atomic E-state index is 14.5. The van der Waals surface area contributed by atoms with E-state index in [1.807, 2.05) is 13.0 Å². The number of carbonyl (C=O) groups is 1. The molecule has 196 valence electrons. The highest BCUT2D eigenvalue weighted by Gasteiger charge is 2.60. The first-order chi connectivity index (χ1) is 17.4. The maximum Gasteiger partial charge on any atom is 0.417 e. The Bertz CT molecular complexity index is 1370. The number of benzene rings is 3. The summed E-state index contributed by atoms with van der Waals surface area (Å²) in [6, 6.07) is 13.1. The fourth-order valence-corrected chi connectivity index (χ4v) is 5.76. The van der Waals surface area contributed by atoms with Crippen LogP contribution in [0.15, 0.2) is 63.5 Å². The lowest BCUT2D eigenvalue weighted by Gasteiger charge is -2.31. The van der Waals surface area contributed by atoms with Gasteiger partial charge >= 0.3 is 12.4 Å². The van der Waals surface area contributed by atoms with E-state index < -0.39 is 34.6 Å². The number of carbonyl (C=O) groups excluding carboxylic acids is 1. The highest BCUT2D eigenvalue weighted by molar-refractivity contribution is 9.10. The first-order valence-electron chi connectivity index (χ1n) is 11.3. The molecule has 4 rings (SSSR count). The second-order valence-electron chi connectivity index (χ2n) is 8.67. The second kappa shape index (κ2) is 10.3. The molecule has 3 aromatic rings. The lowest BCUT2D eigenvalue weighted by Crippen LogP contribution is -2.39. The zero-order valence-electron chi connectivity index (χ0n) is 19.4. The fourth-order valence-electron chi connectivity index (χ4n) is 4.32. The molecule has 1 aliphatic rings. The van der Waals surface area contributed by atoms with E-state index in [9.17, 15) is 31.1 Å². The molecule has 11 heteroatoms. The van der Waals surface area contributed by atoms with Gasteiger partial charge in [0.15, 0.2) is 4.75 Å². The molecule has 3 aromatic carbocycles. The van der Waals surface area contributed by atoms with Gasteiger partial charge in [0, 0.05) is 29.4 Å². The molecular formula is C26H21BrF6N2OS. The molecule has 0 radical (unpaired) electrons. The molecule has 1 N–H and O–H groups in total. The smallest absolute Gasteiger partial charge is 0.352 e. The first-order valence-corrected chi connectivity index (χ1v) is 12.9. The van der Waals surface area contributed by atoms with Crippen LogP contribution in [0.2, 0.25) is 0 Å². The summed E-state index contributed by atoms with van der Waals surface area (Å²) in [6.07, 6.45) is -9.24. The second-order valence-corrected chi connectivity index (χ2v) is 10.6. The summed E-state index contributed by atoms with van der Waals surface area (Å²) < 4.78 is 85.1. The molecule has 0 saturated carbocycles. The summed E-state index contributed by atoms with van der Waals surface area (Å²) in [7, 11) is 0. The van der Waals surface area contributed by atoms with Gasteiger partial charge in [-0.3, -0.25) is 4.79 Å². The molecule has 1 atom stereocenters. The van der Waals surface area contributed by atoms with Crippen LogP contribution in [0.1, 0.15) is 48.4 Å². The fraction of sp³-hybridized carbons (Fsp3) is 0.308. The number of fused-ring (bicyclic) bond motifs is 1. The molecule has 0 aliphatic carbocycles. The van der Waals surface area contributed by atoms with Crippen LogP contribution in [0, 0.1) is 0 Å². The summed E-state index contributed by atoms with van der Waals surface area (Å²) in [4.78, 5) is 11.9. The van der Waals surface area contributed by atoms with E-state index in [0.717, 1.165) is 23.1 Å². The van der Waals surface area contributed by atoms with Crippen molar-refractivity contribution in [1.29, 1.82) is 0 Å². The third kappa shape index (κ3) is 5.38. The van der Waals surface area contributed by atoms with Crippen molar-refractivity contribution in [2.24, 2.45) is 4.40 Å². The van der Waals surface area contributed by atoms with Gasteiger partial charge in [0.25, 0.3) is 0 Å². The Labute approximate surface area is 222 Å². The third-order valence-electron chi connectivity index (χ3n) is 6.20. The Morgan fingerprint density at radius 3 is 2.41 bits per heavy atom. The molecule has 0 saturated heterocycles. The van der Waals surface area contributed by atoms with Crippen molar-refractivity contribution in [3.8, 4) is 0 Å². The predicted octanol–water partition coefficient (Wildman–Crippen LogP) is 8.34. The van der Waals surface area contributed by atoms with Crippen molar-refractivity contribution in [2.45, 2.75) is 49.8 Å². The zero-order chi connectivity index (χ0) is 27.0. The van der Waals surface area contributed by atoms with Gasteiger partial charge in [-0.25, -0.2) is 4.40 Å².